The molecule has 0 unspecified atom stereocenters. The molecule has 3 rings (SSSR count). The van der Waals surface area contributed by atoms with Crippen molar-refractivity contribution in [2.24, 2.45) is 0 Å². The summed E-state index contributed by atoms with van der Waals surface area (Å²) in [6.07, 6.45) is 2.23. The van der Waals surface area contributed by atoms with Gasteiger partial charge in [0.15, 0.2) is 0 Å². The number of thioether (sulfide) groups is 1. The van der Waals surface area contributed by atoms with Crippen molar-refractivity contribution >= 4 is 35.3 Å². The minimum absolute atomic E-state index is 0.311. The van der Waals surface area contributed by atoms with E-state index in [1.165, 1.54) is 0 Å². The summed E-state index contributed by atoms with van der Waals surface area (Å²) in [5.41, 5.74) is 2.15. The van der Waals surface area contributed by atoms with Gasteiger partial charge in [0.25, 0.3) is 0 Å². The highest BCUT2D eigenvalue weighted by Crippen LogP contribution is 2.37. The van der Waals surface area contributed by atoms with Crippen LogP contribution in [0.25, 0.3) is 0 Å². The van der Waals surface area contributed by atoms with Crippen LogP contribution in [0.5, 0.6) is 0 Å². The number of ether oxygens (including phenoxy) is 1. The van der Waals surface area contributed by atoms with Crippen LogP contribution in [0.4, 0.5) is 5.95 Å². The van der Waals surface area contributed by atoms with Crippen LogP contribution in [0.1, 0.15) is 45.2 Å². The van der Waals surface area contributed by atoms with Gasteiger partial charge < -0.3 is 10.1 Å². The third-order valence-electron chi connectivity index (χ3n) is 4.24. The molecule has 0 amide bonds. The average molecular weight is 407 g/mol. The number of allylic oxidation sites excluding steroid dienone is 1. The summed E-state index contributed by atoms with van der Waals surface area (Å²) in [5.74, 6) is 1.23. The fourth-order valence-corrected chi connectivity index (χ4v) is 3.97. The number of nitrogens with one attached hydrogen (secondary N) is 1. The van der Waals surface area contributed by atoms with Crippen LogP contribution in [0.3, 0.4) is 0 Å². The molecular formula is C19H23ClN4O2S. The predicted octanol–water partition coefficient (Wildman–Crippen LogP) is 4.68. The topological polar surface area (TPSA) is 69.0 Å². The SMILES string of the molecule is CCCCSc1nc2n(n1)[C@@H](c1ccc(Cl)cc1)C(C(=O)OCC)=C(C)N2. The molecule has 0 spiro atoms. The molecule has 27 heavy (non-hydrogen) atoms. The zero-order valence-electron chi connectivity index (χ0n) is 15.7. The summed E-state index contributed by atoms with van der Waals surface area (Å²) in [5, 5.41) is 9.20. The lowest BCUT2D eigenvalue weighted by Crippen LogP contribution is -2.29. The largest absolute Gasteiger partial charge is 0.463 e. The highest BCUT2D eigenvalue weighted by molar-refractivity contribution is 7.99. The van der Waals surface area contributed by atoms with Gasteiger partial charge in [-0.25, -0.2) is 9.48 Å². The van der Waals surface area contributed by atoms with Crippen LogP contribution in [0.15, 0.2) is 40.7 Å². The lowest BCUT2D eigenvalue weighted by Gasteiger charge is -2.28. The number of carbonyl (C=O) groups excluding carboxylic acids is 1. The first-order valence-electron chi connectivity index (χ1n) is 9.04. The van der Waals surface area contributed by atoms with Gasteiger partial charge in [0.1, 0.15) is 6.04 Å². The molecule has 1 aromatic heterocycles. The maximum atomic E-state index is 12.7. The van der Waals surface area contributed by atoms with E-state index in [0.29, 0.717) is 28.3 Å². The van der Waals surface area contributed by atoms with E-state index in [-0.39, 0.29) is 5.97 Å². The number of aromatic nitrogens is 3. The van der Waals surface area contributed by atoms with Crippen molar-refractivity contribution in [3.05, 3.63) is 46.1 Å². The normalized spacial score (nSPS) is 16.1. The van der Waals surface area contributed by atoms with E-state index in [4.69, 9.17) is 16.3 Å². The quantitative estimate of drug-likeness (QED) is 0.409. The lowest BCUT2D eigenvalue weighted by atomic mass is 9.96. The molecule has 1 aliphatic heterocycles. The molecule has 0 aliphatic carbocycles. The monoisotopic (exact) mass is 406 g/mol. The minimum atomic E-state index is -0.411. The van der Waals surface area contributed by atoms with E-state index >= 15 is 0 Å². The number of rotatable bonds is 7. The number of hydrogen-bond donors (Lipinski definition) is 1. The number of nitrogens with zero attached hydrogens (tertiary/aromatic N) is 3. The summed E-state index contributed by atoms with van der Waals surface area (Å²) in [6, 6.07) is 7.01. The molecule has 0 saturated carbocycles. The molecule has 0 saturated heterocycles. The number of unbranched alkanes of at least 4 members (excludes halogenated alkanes) is 1. The molecule has 8 heteroatoms. The average Bonchev–Trinajstić information content (AvgIpc) is 3.04. The zero-order chi connectivity index (χ0) is 19.4. The van der Waals surface area contributed by atoms with Gasteiger partial charge in [0, 0.05) is 16.5 Å². The van der Waals surface area contributed by atoms with Gasteiger partial charge >= 0.3 is 5.97 Å². The predicted molar refractivity (Wildman–Crippen MR) is 108 cm³/mol. The molecular weight excluding hydrogens is 384 g/mol. The summed E-state index contributed by atoms with van der Waals surface area (Å²) < 4.78 is 7.06. The van der Waals surface area contributed by atoms with E-state index in [1.54, 1.807) is 23.4 Å². The first-order chi connectivity index (χ1) is 13.0. The van der Waals surface area contributed by atoms with Crippen molar-refractivity contribution < 1.29 is 9.53 Å². The lowest BCUT2D eigenvalue weighted by molar-refractivity contribution is -0.139. The number of halogens is 1. The van der Waals surface area contributed by atoms with E-state index in [1.807, 2.05) is 31.2 Å². The number of fused-ring (bicyclic) bond motifs is 1. The van der Waals surface area contributed by atoms with E-state index < -0.39 is 6.04 Å². The highest BCUT2D eigenvalue weighted by atomic mass is 35.5. The fraction of sp³-hybridized carbons (Fsp3) is 0.421. The van der Waals surface area contributed by atoms with Crippen LogP contribution >= 0.6 is 23.4 Å². The molecule has 6 nitrogen and oxygen atoms in total. The first kappa shape index (κ1) is 19.8. The summed E-state index contributed by atoms with van der Waals surface area (Å²) in [4.78, 5) is 17.3. The van der Waals surface area contributed by atoms with E-state index in [9.17, 15) is 4.79 Å². The smallest absolute Gasteiger partial charge is 0.338 e. The molecule has 2 aromatic rings. The summed E-state index contributed by atoms with van der Waals surface area (Å²) in [6.45, 7) is 6.12. The number of esters is 1. The van der Waals surface area contributed by atoms with Gasteiger partial charge in [-0.05, 0) is 38.0 Å². The molecule has 144 valence electrons. The molecule has 0 bridgehead atoms. The van der Waals surface area contributed by atoms with Gasteiger partial charge in [-0.15, -0.1) is 5.10 Å². The fourth-order valence-electron chi connectivity index (χ4n) is 2.93. The van der Waals surface area contributed by atoms with Crippen molar-refractivity contribution in [2.45, 2.75) is 44.8 Å². The second-order valence-corrected chi connectivity index (χ2v) is 7.70. The standard InChI is InChI=1S/C19H23ClN4O2S/c1-4-6-11-27-19-22-18-21-12(3)15(17(25)26-5-2)16(24(18)23-19)13-7-9-14(20)10-8-13/h7-10,16H,4-6,11H2,1-3H3,(H,21,22,23)/t16-/m0/s1. The Hall–Kier alpha value is -1.99. The molecule has 1 aliphatic rings. The molecule has 2 heterocycles. The molecule has 1 atom stereocenters. The van der Waals surface area contributed by atoms with Crippen LogP contribution < -0.4 is 5.32 Å². The van der Waals surface area contributed by atoms with Crippen molar-refractivity contribution in [2.75, 3.05) is 17.7 Å². The van der Waals surface area contributed by atoms with E-state index in [2.05, 4.69) is 22.3 Å². The van der Waals surface area contributed by atoms with E-state index in [0.717, 1.165) is 29.9 Å². The molecule has 0 fully saturated rings. The third kappa shape index (κ3) is 4.30. The van der Waals surface area contributed by atoms with Crippen molar-refractivity contribution in [3.8, 4) is 0 Å². The zero-order valence-corrected chi connectivity index (χ0v) is 17.2. The number of hydrogen-bond acceptors (Lipinski definition) is 6. The van der Waals surface area contributed by atoms with Crippen molar-refractivity contribution in [3.63, 3.8) is 0 Å². The Bertz CT molecular complexity index is 848. The van der Waals surface area contributed by atoms with Crippen molar-refractivity contribution in [1.29, 1.82) is 0 Å². The van der Waals surface area contributed by atoms with Crippen LogP contribution in [0, 0.1) is 0 Å². The third-order valence-corrected chi connectivity index (χ3v) is 5.42. The number of benzene rings is 1. The second-order valence-electron chi connectivity index (χ2n) is 6.20. The van der Waals surface area contributed by atoms with Gasteiger partial charge in [0.05, 0.1) is 12.2 Å². The van der Waals surface area contributed by atoms with Crippen LogP contribution in [0.2, 0.25) is 5.02 Å². The van der Waals surface area contributed by atoms with Gasteiger partial charge in [0.2, 0.25) is 11.1 Å². The number of carbonyl (C=O) groups is 1. The first-order valence-corrected chi connectivity index (χ1v) is 10.4. The van der Waals surface area contributed by atoms with Crippen LogP contribution in [-0.2, 0) is 9.53 Å². The van der Waals surface area contributed by atoms with Gasteiger partial charge in [-0.3, -0.25) is 0 Å². The summed E-state index contributed by atoms with van der Waals surface area (Å²) in [7, 11) is 0. The molecule has 1 aromatic carbocycles. The number of anilines is 1. The summed E-state index contributed by atoms with van der Waals surface area (Å²) >= 11 is 7.67. The minimum Gasteiger partial charge on any atom is -0.463 e. The Labute approximate surface area is 168 Å². The van der Waals surface area contributed by atoms with Gasteiger partial charge in [-0.2, -0.15) is 4.98 Å². The Morgan fingerprint density at radius 1 is 1.33 bits per heavy atom. The Morgan fingerprint density at radius 2 is 2.07 bits per heavy atom. The Balaban J connectivity index is 2.03. The molecule has 1 N–H and O–H groups in total. The maximum absolute atomic E-state index is 12.7. The Morgan fingerprint density at radius 3 is 2.74 bits per heavy atom. The van der Waals surface area contributed by atoms with Crippen LogP contribution in [-0.4, -0.2) is 33.1 Å². The Kier molecular flexibility index (Phi) is 6.44. The highest BCUT2D eigenvalue weighted by Gasteiger charge is 2.35. The maximum Gasteiger partial charge on any atom is 0.338 e. The second kappa shape index (κ2) is 8.80. The van der Waals surface area contributed by atoms with Crippen molar-refractivity contribution in [1.82, 2.24) is 14.8 Å². The van der Waals surface area contributed by atoms with Gasteiger partial charge in [-0.1, -0.05) is 48.8 Å². The molecule has 0 radical (unpaired) electrons.